The summed E-state index contributed by atoms with van der Waals surface area (Å²) in [5, 5.41) is 8.22. The number of amides is 2. The van der Waals surface area contributed by atoms with E-state index in [1.165, 1.54) is 19.3 Å². The number of carbonyl (C=O) groups excluding carboxylic acids is 2. The highest BCUT2D eigenvalue weighted by molar-refractivity contribution is 7.09. The fourth-order valence-electron chi connectivity index (χ4n) is 5.54. The Morgan fingerprint density at radius 2 is 1.67 bits per heavy atom. The zero-order chi connectivity index (χ0) is 16.6. The molecule has 5 rings (SSSR count). The van der Waals surface area contributed by atoms with Crippen LogP contribution in [0.25, 0.3) is 0 Å². The van der Waals surface area contributed by atoms with Crippen molar-refractivity contribution in [2.45, 2.75) is 63.5 Å². The summed E-state index contributed by atoms with van der Waals surface area (Å²) in [4.78, 5) is 25.4. The van der Waals surface area contributed by atoms with Crippen molar-refractivity contribution < 1.29 is 9.59 Å². The maximum Gasteiger partial charge on any atom is 0.220 e. The van der Waals surface area contributed by atoms with Gasteiger partial charge in [0.2, 0.25) is 11.8 Å². The second kappa shape index (κ2) is 6.51. The predicted molar refractivity (Wildman–Crippen MR) is 94.4 cm³/mol. The van der Waals surface area contributed by atoms with Crippen LogP contribution in [0.15, 0.2) is 17.5 Å². The van der Waals surface area contributed by atoms with Gasteiger partial charge in [-0.2, -0.15) is 0 Å². The summed E-state index contributed by atoms with van der Waals surface area (Å²) in [5.74, 6) is 2.49. The van der Waals surface area contributed by atoms with Crippen LogP contribution in [0.5, 0.6) is 0 Å². The fourth-order valence-corrected chi connectivity index (χ4v) is 6.18. The van der Waals surface area contributed by atoms with E-state index in [1.54, 1.807) is 11.3 Å². The predicted octanol–water partition coefficient (Wildman–Crippen LogP) is 3.23. The summed E-state index contributed by atoms with van der Waals surface area (Å²) in [6.07, 6.45) is 8.20. The Kier molecular flexibility index (Phi) is 4.37. The van der Waals surface area contributed by atoms with Crippen molar-refractivity contribution in [3.8, 4) is 0 Å². The first-order valence-electron chi connectivity index (χ1n) is 9.20. The number of hydrogen-bond donors (Lipinski definition) is 2. The van der Waals surface area contributed by atoms with Gasteiger partial charge in [-0.25, -0.2) is 0 Å². The fraction of sp³-hybridized carbons (Fsp3) is 0.684. The summed E-state index contributed by atoms with van der Waals surface area (Å²) in [7, 11) is 0. The van der Waals surface area contributed by atoms with E-state index < -0.39 is 0 Å². The van der Waals surface area contributed by atoms with Crippen molar-refractivity contribution in [3.63, 3.8) is 0 Å². The molecule has 0 unspecified atom stereocenters. The van der Waals surface area contributed by atoms with Crippen LogP contribution in [-0.4, -0.2) is 17.4 Å². The minimum absolute atomic E-state index is 0.0379. The van der Waals surface area contributed by atoms with Gasteiger partial charge in [-0.15, -0.1) is 11.3 Å². The van der Waals surface area contributed by atoms with Gasteiger partial charge < -0.3 is 10.6 Å². The summed E-state index contributed by atoms with van der Waals surface area (Å²) in [5.41, 5.74) is 0.0548. The van der Waals surface area contributed by atoms with E-state index in [2.05, 4.69) is 10.6 Å². The molecule has 1 heterocycles. The standard InChI is InChI=1S/C19H26N2O2S/c22-17(20-12-16-2-1-5-24-16)3-4-18(23)21-19-9-13-6-14(10-19)8-15(7-13)11-19/h1-2,5,13-15H,3-4,6-12H2,(H,20,22)(H,21,23). The number of carbonyl (C=O) groups is 2. The van der Waals surface area contributed by atoms with E-state index in [-0.39, 0.29) is 23.8 Å². The van der Waals surface area contributed by atoms with Crippen LogP contribution in [0.3, 0.4) is 0 Å². The lowest BCUT2D eigenvalue weighted by Gasteiger charge is -2.56. The van der Waals surface area contributed by atoms with Crippen LogP contribution in [0, 0.1) is 17.8 Å². The quantitative estimate of drug-likeness (QED) is 0.831. The molecule has 5 heteroatoms. The first-order valence-corrected chi connectivity index (χ1v) is 10.1. The molecule has 0 spiro atoms. The molecule has 130 valence electrons. The topological polar surface area (TPSA) is 58.2 Å². The lowest BCUT2D eigenvalue weighted by molar-refractivity contribution is -0.130. The molecule has 4 nitrogen and oxygen atoms in total. The van der Waals surface area contributed by atoms with Crippen molar-refractivity contribution in [2.24, 2.45) is 17.8 Å². The minimum atomic E-state index is -0.0379. The highest BCUT2D eigenvalue weighted by atomic mass is 32.1. The van der Waals surface area contributed by atoms with Gasteiger partial charge in [0, 0.05) is 23.3 Å². The molecule has 0 atom stereocenters. The summed E-state index contributed by atoms with van der Waals surface area (Å²) >= 11 is 1.63. The Hall–Kier alpha value is -1.36. The molecule has 1 aromatic rings. The van der Waals surface area contributed by atoms with Gasteiger partial charge in [0.15, 0.2) is 0 Å². The molecule has 4 fully saturated rings. The lowest BCUT2D eigenvalue weighted by Crippen LogP contribution is -2.59. The van der Waals surface area contributed by atoms with E-state index in [4.69, 9.17) is 0 Å². The van der Waals surface area contributed by atoms with Gasteiger partial charge in [0.1, 0.15) is 0 Å². The molecular weight excluding hydrogens is 320 g/mol. The minimum Gasteiger partial charge on any atom is -0.351 e. The largest absolute Gasteiger partial charge is 0.351 e. The average molecular weight is 346 g/mol. The molecule has 24 heavy (non-hydrogen) atoms. The van der Waals surface area contributed by atoms with Crippen LogP contribution in [0.1, 0.15) is 56.2 Å². The Morgan fingerprint density at radius 3 is 2.25 bits per heavy atom. The number of thiophene rings is 1. The molecule has 4 saturated carbocycles. The van der Waals surface area contributed by atoms with Gasteiger partial charge in [-0.05, 0) is 67.7 Å². The molecule has 4 aliphatic rings. The van der Waals surface area contributed by atoms with Crippen molar-refractivity contribution in [1.82, 2.24) is 10.6 Å². The number of hydrogen-bond acceptors (Lipinski definition) is 3. The molecule has 2 N–H and O–H groups in total. The van der Waals surface area contributed by atoms with E-state index in [0.29, 0.717) is 13.0 Å². The average Bonchev–Trinajstić information content (AvgIpc) is 3.02. The van der Waals surface area contributed by atoms with E-state index >= 15 is 0 Å². The highest BCUT2D eigenvalue weighted by Gasteiger charge is 2.51. The van der Waals surface area contributed by atoms with Crippen LogP contribution < -0.4 is 10.6 Å². The van der Waals surface area contributed by atoms with Crippen LogP contribution in [0.2, 0.25) is 0 Å². The summed E-state index contributed by atoms with van der Waals surface area (Å²) in [6, 6.07) is 3.98. The highest BCUT2D eigenvalue weighted by Crippen LogP contribution is 2.55. The Labute approximate surface area is 147 Å². The maximum absolute atomic E-state index is 12.4. The van der Waals surface area contributed by atoms with Crippen molar-refractivity contribution in [1.29, 1.82) is 0 Å². The Balaban J connectivity index is 1.23. The van der Waals surface area contributed by atoms with E-state index in [1.807, 2.05) is 17.5 Å². The molecule has 1 aromatic heterocycles. The van der Waals surface area contributed by atoms with Gasteiger partial charge in [-0.3, -0.25) is 9.59 Å². The number of nitrogens with one attached hydrogen (secondary N) is 2. The third-order valence-electron chi connectivity index (χ3n) is 6.06. The first kappa shape index (κ1) is 16.1. The van der Waals surface area contributed by atoms with Gasteiger partial charge in [0.05, 0.1) is 6.54 Å². The second-order valence-corrected chi connectivity index (χ2v) is 9.13. The zero-order valence-electron chi connectivity index (χ0n) is 14.1. The third kappa shape index (κ3) is 3.51. The molecular formula is C19H26N2O2S. The monoisotopic (exact) mass is 346 g/mol. The summed E-state index contributed by atoms with van der Waals surface area (Å²) < 4.78 is 0. The molecule has 2 amide bonds. The third-order valence-corrected chi connectivity index (χ3v) is 6.94. The smallest absolute Gasteiger partial charge is 0.220 e. The Morgan fingerprint density at radius 1 is 1.04 bits per heavy atom. The van der Waals surface area contributed by atoms with Crippen LogP contribution in [0.4, 0.5) is 0 Å². The van der Waals surface area contributed by atoms with Gasteiger partial charge >= 0.3 is 0 Å². The zero-order valence-corrected chi connectivity index (χ0v) is 14.9. The lowest BCUT2D eigenvalue weighted by atomic mass is 9.53. The number of rotatable bonds is 6. The van der Waals surface area contributed by atoms with Crippen molar-refractivity contribution >= 4 is 23.2 Å². The molecule has 0 aliphatic heterocycles. The summed E-state index contributed by atoms with van der Waals surface area (Å²) in [6.45, 7) is 0.563. The van der Waals surface area contributed by atoms with E-state index in [0.717, 1.165) is 41.9 Å². The van der Waals surface area contributed by atoms with Crippen LogP contribution >= 0.6 is 11.3 Å². The first-order chi connectivity index (χ1) is 11.6. The maximum atomic E-state index is 12.4. The van der Waals surface area contributed by atoms with Gasteiger partial charge in [-0.1, -0.05) is 6.07 Å². The molecule has 0 aromatic carbocycles. The molecule has 4 bridgehead atoms. The molecule has 4 aliphatic carbocycles. The second-order valence-electron chi connectivity index (χ2n) is 8.10. The van der Waals surface area contributed by atoms with E-state index in [9.17, 15) is 9.59 Å². The van der Waals surface area contributed by atoms with Gasteiger partial charge in [0.25, 0.3) is 0 Å². The molecule has 0 radical (unpaired) electrons. The van der Waals surface area contributed by atoms with Crippen LogP contribution in [-0.2, 0) is 16.1 Å². The normalized spacial score (nSPS) is 33.4. The SMILES string of the molecule is O=C(CCC(=O)NC12CC3CC(CC(C3)C1)C2)NCc1cccs1. The molecule has 0 saturated heterocycles. The Bertz CT molecular complexity index is 576. The van der Waals surface area contributed by atoms with Crippen molar-refractivity contribution in [3.05, 3.63) is 22.4 Å². The van der Waals surface area contributed by atoms with Crippen molar-refractivity contribution in [2.75, 3.05) is 0 Å².